The van der Waals surface area contributed by atoms with Gasteiger partial charge in [-0.25, -0.2) is 0 Å². The number of hydrogen-bond acceptors (Lipinski definition) is 3. The van der Waals surface area contributed by atoms with Gasteiger partial charge in [0, 0.05) is 0 Å². The van der Waals surface area contributed by atoms with Gasteiger partial charge in [0.05, 0.1) is 12.0 Å². The van der Waals surface area contributed by atoms with Crippen LogP contribution >= 0.6 is 24.4 Å². The van der Waals surface area contributed by atoms with Crippen molar-refractivity contribution in [3.8, 4) is 0 Å². The number of thioether (sulfide) groups is 1. The Hall–Kier alpha value is -0.0200. The first-order valence-electron chi connectivity index (χ1n) is 4.14. The van der Waals surface area contributed by atoms with Crippen LogP contribution in [0.3, 0.4) is 0 Å². The molecule has 0 amide bonds. The third-order valence-electron chi connectivity index (χ3n) is 1.52. The highest BCUT2D eigenvalue weighted by Crippen LogP contribution is 2.13. The fraction of sp³-hybridized carbons (Fsp3) is 0.556. The molecule has 1 rings (SSSR count). The van der Waals surface area contributed by atoms with Crippen LogP contribution in [0, 0.1) is 0 Å². The van der Waals surface area contributed by atoms with Crippen molar-refractivity contribution in [2.24, 2.45) is 0 Å². The molecule has 0 spiro atoms. The van der Waals surface area contributed by atoms with Crippen molar-refractivity contribution in [2.75, 3.05) is 11.5 Å². The van der Waals surface area contributed by atoms with E-state index in [1.165, 1.54) is 18.6 Å². The molecule has 3 heteroatoms. The Bertz CT molecular complexity index is 184. The fourth-order valence-electron chi connectivity index (χ4n) is 0.883. The van der Waals surface area contributed by atoms with Crippen molar-refractivity contribution in [3.05, 3.63) is 24.2 Å². The average Bonchev–Trinajstić information content (AvgIpc) is 2.57. The van der Waals surface area contributed by atoms with Gasteiger partial charge < -0.3 is 4.42 Å². The summed E-state index contributed by atoms with van der Waals surface area (Å²) in [5.41, 5.74) is 0. The zero-order valence-electron chi connectivity index (χ0n) is 7.03. The second-order valence-electron chi connectivity index (χ2n) is 2.56. The summed E-state index contributed by atoms with van der Waals surface area (Å²) in [6.45, 7) is 0. The lowest BCUT2D eigenvalue weighted by Gasteiger charge is -1.97. The fourth-order valence-corrected chi connectivity index (χ4v) is 2.03. The molecule has 0 aliphatic carbocycles. The van der Waals surface area contributed by atoms with E-state index in [2.05, 4.69) is 12.6 Å². The first kappa shape index (κ1) is 10.1. The summed E-state index contributed by atoms with van der Waals surface area (Å²) >= 11 is 6.08. The van der Waals surface area contributed by atoms with Crippen LogP contribution in [-0.2, 0) is 5.75 Å². The molecule has 12 heavy (non-hydrogen) atoms. The topological polar surface area (TPSA) is 13.1 Å². The van der Waals surface area contributed by atoms with Gasteiger partial charge in [-0.05, 0) is 36.5 Å². The van der Waals surface area contributed by atoms with Crippen LogP contribution in [0.5, 0.6) is 0 Å². The van der Waals surface area contributed by atoms with E-state index >= 15 is 0 Å². The molecule has 0 saturated heterocycles. The molecule has 1 aromatic heterocycles. The number of unbranched alkanes of at least 4 members (excludes halogenated alkanes) is 1. The molecule has 1 aromatic rings. The van der Waals surface area contributed by atoms with Gasteiger partial charge in [-0.15, -0.1) is 0 Å². The van der Waals surface area contributed by atoms with Gasteiger partial charge in [0.25, 0.3) is 0 Å². The summed E-state index contributed by atoms with van der Waals surface area (Å²) < 4.78 is 5.20. The Labute approximate surface area is 83.3 Å². The van der Waals surface area contributed by atoms with E-state index in [0.717, 1.165) is 17.3 Å². The standard InChI is InChI=1S/C9H14OS2/c11-6-1-2-7-12-8-9-4-3-5-10-9/h3-5,11H,1-2,6-8H2. The van der Waals surface area contributed by atoms with Crippen molar-refractivity contribution in [1.29, 1.82) is 0 Å². The molecule has 0 N–H and O–H groups in total. The van der Waals surface area contributed by atoms with E-state index in [9.17, 15) is 0 Å². The minimum Gasteiger partial charge on any atom is -0.468 e. The molecule has 1 heterocycles. The highest BCUT2D eigenvalue weighted by atomic mass is 32.2. The molecule has 0 fully saturated rings. The Morgan fingerprint density at radius 2 is 2.33 bits per heavy atom. The molecule has 0 aromatic carbocycles. The second-order valence-corrected chi connectivity index (χ2v) is 4.12. The molecule has 0 aliphatic rings. The third kappa shape index (κ3) is 4.12. The molecule has 1 nitrogen and oxygen atoms in total. The highest BCUT2D eigenvalue weighted by Gasteiger charge is 1.94. The Kier molecular flexibility index (Phi) is 5.44. The van der Waals surface area contributed by atoms with Crippen LogP contribution in [0.15, 0.2) is 22.8 Å². The molecule has 0 atom stereocenters. The molecule has 0 aliphatic heterocycles. The van der Waals surface area contributed by atoms with Gasteiger partial charge in [-0.1, -0.05) is 0 Å². The van der Waals surface area contributed by atoms with E-state index < -0.39 is 0 Å². The predicted octanol–water partition coefficient (Wildman–Crippen LogP) is 3.22. The van der Waals surface area contributed by atoms with Crippen molar-refractivity contribution in [3.63, 3.8) is 0 Å². The maximum atomic E-state index is 5.20. The highest BCUT2D eigenvalue weighted by molar-refractivity contribution is 7.98. The Balaban J connectivity index is 1.96. The van der Waals surface area contributed by atoms with Crippen LogP contribution in [-0.4, -0.2) is 11.5 Å². The first-order chi connectivity index (χ1) is 5.93. The maximum Gasteiger partial charge on any atom is 0.113 e. The Morgan fingerprint density at radius 1 is 1.42 bits per heavy atom. The summed E-state index contributed by atoms with van der Waals surface area (Å²) in [5, 5.41) is 0. The van der Waals surface area contributed by atoms with Gasteiger partial charge in [-0.3, -0.25) is 0 Å². The van der Waals surface area contributed by atoms with Gasteiger partial charge >= 0.3 is 0 Å². The lowest BCUT2D eigenvalue weighted by atomic mass is 10.4. The van der Waals surface area contributed by atoms with Gasteiger partial charge in [-0.2, -0.15) is 24.4 Å². The number of rotatable bonds is 6. The van der Waals surface area contributed by atoms with Gasteiger partial charge in [0.2, 0.25) is 0 Å². The molecule has 0 bridgehead atoms. The van der Waals surface area contributed by atoms with Crippen LogP contribution in [0.25, 0.3) is 0 Å². The van der Waals surface area contributed by atoms with E-state index in [1.807, 2.05) is 23.9 Å². The van der Waals surface area contributed by atoms with Crippen molar-refractivity contribution in [1.82, 2.24) is 0 Å². The summed E-state index contributed by atoms with van der Waals surface area (Å²) in [7, 11) is 0. The minimum atomic E-state index is 1.000. The van der Waals surface area contributed by atoms with E-state index in [4.69, 9.17) is 4.42 Å². The molecule has 68 valence electrons. The largest absolute Gasteiger partial charge is 0.468 e. The zero-order chi connectivity index (χ0) is 8.65. The van der Waals surface area contributed by atoms with Crippen molar-refractivity contribution >= 4 is 24.4 Å². The van der Waals surface area contributed by atoms with Crippen LogP contribution in [0.4, 0.5) is 0 Å². The molecular formula is C9H14OS2. The van der Waals surface area contributed by atoms with Crippen molar-refractivity contribution in [2.45, 2.75) is 18.6 Å². The maximum absolute atomic E-state index is 5.20. The first-order valence-corrected chi connectivity index (χ1v) is 5.93. The average molecular weight is 202 g/mol. The van der Waals surface area contributed by atoms with Gasteiger partial charge in [0.1, 0.15) is 5.76 Å². The van der Waals surface area contributed by atoms with Crippen LogP contribution in [0.1, 0.15) is 18.6 Å². The van der Waals surface area contributed by atoms with Crippen LogP contribution < -0.4 is 0 Å². The molecule has 0 radical (unpaired) electrons. The number of thiol groups is 1. The number of furan rings is 1. The monoisotopic (exact) mass is 202 g/mol. The summed E-state index contributed by atoms with van der Waals surface area (Å²) in [4.78, 5) is 0. The quantitative estimate of drug-likeness (QED) is 0.562. The van der Waals surface area contributed by atoms with E-state index in [-0.39, 0.29) is 0 Å². The summed E-state index contributed by atoms with van der Waals surface area (Å²) in [6.07, 6.45) is 4.20. The minimum absolute atomic E-state index is 1.000. The summed E-state index contributed by atoms with van der Waals surface area (Å²) in [5.74, 6) is 4.29. The lowest BCUT2D eigenvalue weighted by molar-refractivity contribution is 0.530. The normalized spacial score (nSPS) is 10.4. The number of hydrogen-bond donors (Lipinski definition) is 1. The Morgan fingerprint density at radius 3 is 3.00 bits per heavy atom. The SMILES string of the molecule is SCCCCSCc1ccco1. The van der Waals surface area contributed by atoms with E-state index in [0.29, 0.717) is 0 Å². The lowest BCUT2D eigenvalue weighted by Crippen LogP contribution is -1.82. The van der Waals surface area contributed by atoms with E-state index in [1.54, 1.807) is 6.26 Å². The molecule has 0 saturated carbocycles. The third-order valence-corrected chi connectivity index (χ3v) is 2.90. The van der Waals surface area contributed by atoms with Crippen molar-refractivity contribution < 1.29 is 4.42 Å². The van der Waals surface area contributed by atoms with Gasteiger partial charge in [0.15, 0.2) is 0 Å². The molecule has 0 unspecified atom stereocenters. The second kappa shape index (κ2) is 6.49. The molecular weight excluding hydrogens is 188 g/mol. The predicted molar refractivity (Wildman–Crippen MR) is 58.0 cm³/mol. The summed E-state index contributed by atoms with van der Waals surface area (Å²) in [6, 6.07) is 3.95. The zero-order valence-corrected chi connectivity index (χ0v) is 8.74. The smallest absolute Gasteiger partial charge is 0.113 e. The van der Waals surface area contributed by atoms with Crippen LogP contribution in [0.2, 0.25) is 0 Å².